The second-order valence-electron chi connectivity index (χ2n) is 3.60. The van der Waals surface area contributed by atoms with Crippen LogP contribution in [0.4, 0.5) is 8.78 Å². The van der Waals surface area contributed by atoms with E-state index in [2.05, 4.69) is 15.2 Å². The Kier molecular flexibility index (Phi) is 4.56. The van der Waals surface area contributed by atoms with Crippen LogP contribution in [0.5, 0.6) is 5.75 Å². The second-order valence-corrected chi connectivity index (χ2v) is 4.71. The molecule has 0 saturated heterocycles. The van der Waals surface area contributed by atoms with Crippen molar-refractivity contribution in [3.63, 3.8) is 0 Å². The molecule has 0 aliphatic carbocycles. The van der Waals surface area contributed by atoms with Crippen molar-refractivity contribution in [2.24, 2.45) is 0 Å². The molecular formula is C11H11F2N3O2S. The molecule has 5 nitrogen and oxygen atoms in total. The smallest absolute Gasteiger partial charge is 0.340 e. The summed E-state index contributed by atoms with van der Waals surface area (Å²) in [6.07, 6.45) is 0. The van der Waals surface area contributed by atoms with Crippen molar-refractivity contribution in [2.45, 2.75) is 5.75 Å². The van der Waals surface area contributed by atoms with Gasteiger partial charge in [0, 0.05) is 11.8 Å². The summed E-state index contributed by atoms with van der Waals surface area (Å²) in [6, 6.07) is 3.16. The van der Waals surface area contributed by atoms with E-state index in [0.29, 0.717) is 17.3 Å². The summed E-state index contributed by atoms with van der Waals surface area (Å²) in [5.74, 6) is 0.321. The maximum absolute atomic E-state index is 13.2. The molecule has 0 aliphatic heterocycles. The second kappa shape index (κ2) is 6.37. The summed E-state index contributed by atoms with van der Waals surface area (Å²) >= 11 is 1.47. The monoisotopic (exact) mass is 287 g/mol. The zero-order chi connectivity index (χ0) is 13.7. The zero-order valence-electron chi connectivity index (χ0n) is 9.78. The highest BCUT2D eigenvalue weighted by Gasteiger charge is 2.04. The van der Waals surface area contributed by atoms with Gasteiger partial charge in [-0.25, -0.2) is 18.7 Å². The van der Waals surface area contributed by atoms with Gasteiger partial charge in [0.1, 0.15) is 11.6 Å². The molecule has 0 fully saturated rings. The van der Waals surface area contributed by atoms with E-state index < -0.39 is 11.6 Å². The number of ether oxygens (including phenoxy) is 1. The Balaban J connectivity index is 1.70. The summed E-state index contributed by atoms with van der Waals surface area (Å²) in [6.45, 7) is 0.280. The lowest BCUT2D eigenvalue weighted by molar-refractivity contribution is 0.323. The number of aromatic nitrogens is 3. The summed E-state index contributed by atoms with van der Waals surface area (Å²) in [4.78, 5) is 13.3. The Morgan fingerprint density at radius 3 is 2.89 bits per heavy atom. The van der Waals surface area contributed by atoms with E-state index in [1.165, 1.54) is 17.8 Å². The lowest BCUT2D eigenvalue weighted by Gasteiger charge is -2.06. The summed E-state index contributed by atoms with van der Waals surface area (Å²) < 4.78 is 31.0. The van der Waals surface area contributed by atoms with Gasteiger partial charge in [-0.1, -0.05) is 0 Å². The van der Waals surface area contributed by atoms with Gasteiger partial charge in [0.15, 0.2) is 11.6 Å². The van der Waals surface area contributed by atoms with E-state index in [0.717, 1.165) is 12.1 Å². The van der Waals surface area contributed by atoms with Gasteiger partial charge in [0.25, 0.3) is 0 Å². The van der Waals surface area contributed by atoms with Gasteiger partial charge in [0.05, 0.1) is 12.4 Å². The van der Waals surface area contributed by atoms with Crippen LogP contribution in [0.1, 0.15) is 5.82 Å². The van der Waals surface area contributed by atoms with Crippen LogP contribution >= 0.6 is 11.8 Å². The number of halogens is 2. The molecule has 2 rings (SSSR count). The highest BCUT2D eigenvalue weighted by atomic mass is 32.2. The molecule has 1 aromatic heterocycles. The van der Waals surface area contributed by atoms with Crippen LogP contribution < -0.4 is 10.4 Å². The van der Waals surface area contributed by atoms with E-state index in [-0.39, 0.29) is 18.0 Å². The van der Waals surface area contributed by atoms with Crippen LogP contribution in [-0.4, -0.2) is 27.5 Å². The maximum Gasteiger partial charge on any atom is 0.340 e. The molecule has 0 bridgehead atoms. The molecule has 102 valence electrons. The van der Waals surface area contributed by atoms with E-state index >= 15 is 0 Å². The molecule has 0 radical (unpaired) electrons. The Morgan fingerprint density at radius 2 is 2.21 bits per heavy atom. The van der Waals surface area contributed by atoms with Crippen LogP contribution in [0.3, 0.4) is 0 Å². The third-order valence-corrected chi connectivity index (χ3v) is 3.10. The van der Waals surface area contributed by atoms with Crippen molar-refractivity contribution in [1.29, 1.82) is 0 Å². The third kappa shape index (κ3) is 4.09. The molecule has 1 heterocycles. The van der Waals surface area contributed by atoms with Gasteiger partial charge in [-0.05, 0) is 12.1 Å². The first-order valence-electron chi connectivity index (χ1n) is 5.44. The standard InChI is InChI=1S/C11H11F2N3O2S/c12-7-1-2-9(8(13)5-7)18-3-4-19-6-10-14-11(17)16-15-10/h1-2,5H,3-4,6H2,(H2,14,15,16,17). The molecule has 19 heavy (non-hydrogen) atoms. The quantitative estimate of drug-likeness (QED) is 0.793. The molecule has 1 aromatic carbocycles. The average molecular weight is 287 g/mol. The van der Waals surface area contributed by atoms with Crippen LogP contribution in [0.25, 0.3) is 0 Å². The minimum atomic E-state index is -0.721. The molecule has 0 saturated carbocycles. The predicted molar refractivity (Wildman–Crippen MR) is 67.2 cm³/mol. The van der Waals surface area contributed by atoms with Crippen molar-refractivity contribution in [2.75, 3.05) is 12.4 Å². The van der Waals surface area contributed by atoms with Crippen LogP contribution in [0, 0.1) is 11.6 Å². The molecule has 0 spiro atoms. The predicted octanol–water partition coefficient (Wildman–Crippen LogP) is 1.69. The van der Waals surface area contributed by atoms with E-state index in [1.807, 2.05) is 0 Å². The molecule has 0 atom stereocenters. The molecule has 0 amide bonds. The SMILES string of the molecule is O=c1[nH]nc(CSCCOc2ccc(F)cc2F)[nH]1. The van der Waals surface area contributed by atoms with E-state index in [4.69, 9.17) is 4.74 Å². The number of thioether (sulfide) groups is 1. The number of hydrogen-bond acceptors (Lipinski definition) is 4. The topological polar surface area (TPSA) is 70.8 Å². The molecule has 8 heteroatoms. The van der Waals surface area contributed by atoms with Gasteiger partial charge in [-0.15, -0.1) is 0 Å². The minimum Gasteiger partial charge on any atom is -0.490 e. The van der Waals surface area contributed by atoms with Crippen molar-refractivity contribution in [3.05, 3.63) is 46.1 Å². The summed E-state index contributed by atoms with van der Waals surface area (Å²) in [5.41, 5.74) is -0.347. The average Bonchev–Trinajstić information content (AvgIpc) is 2.77. The summed E-state index contributed by atoms with van der Waals surface area (Å²) in [7, 11) is 0. The maximum atomic E-state index is 13.2. The fraction of sp³-hybridized carbons (Fsp3) is 0.273. The molecular weight excluding hydrogens is 276 g/mol. The Bertz CT molecular complexity index is 600. The number of H-pyrrole nitrogens is 2. The first kappa shape index (κ1) is 13.6. The number of rotatable bonds is 6. The van der Waals surface area contributed by atoms with E-state index in [1.54, 1.807) is 0 Å². The summed E-state index contributed by atoms with van der Waals surface area (Å²) in [5, 5.41) is 6.00. The van der Waals surface area contributed by atoms with Crippen molar-refractivity contribution >= 4 is 11.8 Å². The van der Waals surface area contributed by atoms with Crippen molar-refractivity contribution in [1.82, 2.24) is 15.2 Å². The number of nitrogens with one attached hydrogen (secondary N) is 2. The Morgan fingerprint density at radius 1 is 1.37 bits per heavy atom. The zero-order valence-corrected chi connectivity index (χ0v) is 10.6. The highest BCUT2D eigenvalue weighted by Crippen LogP contribution is 2.18. The lowest BCUT2D eigenvalue weighted by Crippen LogP contribution is -2.03. The van der Waals surface area contributed by atoms with Gasteiger partial charge in [0.2, 0.25) is 0 Å². The fourth-order valence-electron chi connectivity index (χ4n) is 1.35. The molecule has 0 aliphatic rings. The highest BCUT2D eigenvalue weighted by molar-refractivity contribution is 7.98. The normalized spacial score (nSPS) is 10.6. The van der Waals surface area contributed by atoms with Gasteiger partial charge < -0.3 is 4.74 Å². The first-order valence-corrected chi connectivity index (χ1v) is 6.60. The lowest BCUT2D eigenvalue weighted by atomic mass is 10.3. The number of benzene rings is 1. The van der Waals surface area contributed by atoms with Crippen LogP contribution in [-0.2, 0) is 5.75 Å². The number of hydrogen-bond donors (Lipinski definition) is 2. The Labute approximate surface area is 111 Å². The first-order chi connectivity index (χ1) is 9.15. The van der Waals surface area contributed by atoms with E-state index in [9.17, 15) is 13.6 Å². The van der Waals surface area contributed by atoms with Crippen LogP contribution in [0.15, 0.2) is 23.0 Å². The van der Waals surface area contributed by atoms with Gasteiger partial charge in [-0.2, -0.15) is 16.9 Å². The number of aromatic amines is 2. The Hall–Kier alpha value is -1.83. The van der Waals surface area contributed by atoms with Crippen molar-refractivity contribution in [3.8, 4) is 5.75 Å². The fourth-order valence-corrected chi connectivity index (χ4v) is 2.02. The third-order valence-electron chi connectivity index (χ3n) is 2.17. The van der Waals surface area contributed by atoms with Gasteiger partial charge >= 0.3 is 5.69 Å². The molecule has 2 aromatic rings. The minimum absolute atomic E-state index is 0.0233. The van der Waals surface area contributed by atoms with Crippen LogP contribution in [0.2, 0.25) is 0 Å². The molecule has 0 unspecified atom stereocenters. The largest absolute Gasteiger partial charge is 0.490 e. The number of nitrogens with zero attached hydrogens (tertiary/aromatic N) is 1. The van der Waals surface area contributed by atoms with Crippen molar-refractivity contribution < 1.29 is 13.5 Å². The molecule has 2 N–H and O–H groups in total. The van der Waals surface area contributed by atoms with Gasteiger partial charge in [-0.3, -0.25) is 4.98 Å².